The van der Waals surface area contributed by atoms with Gasteiger partial charge in [-0.25, -0.2) is 0 Å². The fraction of sp³-hybridized carbons (Fsp3) is 0.938. The highest BCUT2D eigenvalue weighted by Gasteiger charge is 2.30. The third-order valence-corrected chi connectivity index (χ3v) is 4.53. The van der Waals surface area contributed by atoms with Gasteiger partial charge in [-0.05, 0) is 24.3 Å². The van der Waals surface area contributed by atoms with Crippen LogP contribution >= 0.6 is 0 Å². The first-order valence-electron chi connectivity index (χ1n) is 8.21. The second-order valence-corrected chi connectivity index (χ2v) is 7.32. The number of ether oxygens (including phenoxy) is 1. The first-order chi connectivity index (χ1) is 9.98. The van der Waals surface area contributed by atoms with Gasteiger partial charge < -0.3 is 15.0 Å². The zero-order chi connectivity index (χ0) is 15.3. The highest BCUT2D eigenvalue weighted by Crippen LogP contribution is 2.25. The Hall–Kier alpha value is -0.650. The number of amides is 1. The lowest BCUT2D eigenvalue weighted by atomic mass is 9.91. The maximum atomic E-state index is 11.5. The molecule has 2 aliphatic rings. The first-order valence-corrected chi connectivity index (χ1v) is 8.21. The molecule has 2 fully saturated rings. The number of hydrogen-bond acceptors (Lipinski definition) is 4. The average molecular weight is 297 g/mol. The molecule has 0 radical (unpaired) electrons. The molecule has 2 rings (SSSR count). The Bertz CT molecular complexity index is 340. The van der Waals surface area contributed by atoms with E-state index in [0.717, 1.165) is 58.9 Å². The zero-order valence-electron chi connectivity index (χ0n) is 13.9. The Morgan fingerprint density at radius 2 is 1.86 bits per heavy atom. The van der Waals surface area contributed by atoms with Gasteiger partial charge in [0.15, 0.2) is 0 Å². The van der Waals surface area contributed by atoms with Gasteiger partial charge in [0.1, 0.15) is 0 Å². The van der Waals surface area contributed by atoms with Crippen molar-refractivity contribution >= 4 is 5.91 Å². The molecule has 5 nitrogen and oxygen atoms in total. The maximum absolute atomic E-state index is 11.5. The van der Waals surface area contributed by atoms with Crippen LogP contribution in [0.2, 0.25) is 0 Å². The van der Waals surface area contributed by atoms with Crippen molar-refractivity contribution in [2.45, 2.75) is 26.7 Å². The standard InChI is InChI=1S/C16H31N3O2/c1-16(2,12-18-6-8-21-9-7-18)13-19-5-4-14(11-19)10-15(20)17-3/h14H,4-13H2,1-3H3,(H,17,20)/t14-/m0/s1. The Balaban J connectivity index is 1.74. The molecule has 2 heterocycles. The van der Waals surface area contributed by atoms with E-state index < -0.39 is 0 Å². The van der Waals surface area contributed by atoms with E-state index in [1.54, 1.807) is 7.05 Å². The molecule has 21 heavy (non-hydrogen) atoms. The summed E-state index contributed by atoms with van der Waals surface area (Å²) in [6.45, 7) is 13.0. The number of likely N-dealkylation sites (tertiary alicyclic amines) is 1. The van der Waals surface area contributed by atoms with Crippen LogP contribution in [0.3, 0.4) is 0 Å². The summed E-state index contributed by atoms with van der Waals surface area (Å²) in [5.74, 6) is 0.707. The summed E-state index contributed by atoms with van der Waals surface area (Å²) >= 11 is 0. The molecule has 2 aliphatic heterocycles. The predicted octanol–water partition coefficient (Wildman–Crippen LogP) is 0.803. The van der Waals surface area contributed by atoms with Crippen LogP contribution < -0.4 is 5.32 Å². The minimum absolute atomic E-state index is 0.175. The molecule has 1 atom stereocenters. The molecule has 0 spiro atoms. The van der Waals surface area contributed by atoms with Crippen LogP contribution in [0.4, 0.5) is 0 Å². The number of rotatable bonds is 6. The van der Waals surface area contributed by atoms with Crippen molar-refractivity contribution in [3.05, 3.63) is 0 Å². The first kappa shape index (κ1) is 16.7. The summed E-state index contributed by atoms with van der Waals surface area (Å²) in [5.41, 5.74) is 0.291. The second kappa shape index (κ2) is 7.56. The summed E-state index contributed by atoms with van der Waals surface area (Å²) in [5, 5.41) is 2.73. The van der Waals surface area contributed by atoms with Crippen LogP contribution in [0, 0.1) is 11.3 Å². The second-order valence-electron chi connectivity index (χ2n) is 7.32. The lowest BCUT2D eigenvalue weighted by Gasteiger charge is -2.37. The van der Waals surface area contributed by atoms with E-state index in [4.69, 9.17) is 4.74 Å². The van der Waals surface area contributed by atoms with E-state index >= 15 is 0 Å². The highest BCUT2D eigenvalue weighted by molar-refractivity contribution is 5.75. The van der Waals surface area contributed by atoms with Gasteiger partial charge in [-0.2, -0.15) is 0 Å². The van der Waals surface area contributed by atoms with Crippen LogP contribution in [0.5, 0.6) is 0 Å². The van der Waals surface area contributed by atoms with E-state index in [1.807, 2.05) is 0 Å². The average Bonchev–Trinajstić information content (AvgIpc) is 2.85. The lowest BCUT2D eigenvalue weighted by Crippen LogP contribution is -2.45. The quantitative estimate of drug-likeness (QED) is 0.788. The molecule has 2 saturated heterocycles. The number of carbonyl (C=O) groups is 1. The third kappa shape index (κ3) is 5.57. The fourth-order valence-corrected chi connectivity index (χ4v) is 3.61. The van der Waals surface area contributed by atoms with E-state index in [2.05, 4.69) is 29.0 Å². The van der Waals surface area contributed by atoms with Gasteiger partial charge in [0.25, 0.3) is 0 Å². The largest absolute Gasteiger partial charge is 0.379 e. The molecule has 0 bridgehead atoms. The molecule has 5 heteroatoms. The van der Waals surface area contributed by atoms with Gasteiger partial charge in [0, 0.05) is 46.2 Å². The maximum Gasteiger partial charge on any atom is 0.220 e. The fourth-order valence-electron chi connectivity index (χ4n) is 3.61. The molecule has 0 aromatic rings. The summed E-state index contributed by atoms with van der Waals surface area (Å²) < 4.78 is 5.42. The van der Waals surface area contributed by atoms with Gasteiger partial charge >= 0.3 is 0 Å². The van der Waals surface area contributed by atoms with Crippen LogP contribution in [0.25, 0.3) is 0 Å². The normalized spacial score (nSPS) is 25.2. The lowest BCUT2D eigenvalue weighted by molar-refractivity contribution is -0.121. The van der Waals surface area contributed by atoms with E-state index in [1.165, 1.54) is 0 Å². The monoisotopic (exact) mass is 297 g/mol. The Morgan fingerprint density at radius 1 is 1.19 bits per heavy atom. The number of morpholine rings is 1. The van der Waals surface area contributed by atoms with E-state index in [-0.39, 0.29) is 5.91 Å². The minimum Gasteiger partial charge on any atom is -0.379 e. The van der Waals surface area contributed by atoms with Crippen molar-refractivity contribution in [3.8, 4) is 0 Å². The van der Waals surface area contributed by atoms with Crippen molar-refractivity contribution in [3.63, 3.8) is 0 Å². The molecule has 122 valence electrons. The van der Waals surface area contributed by atoms with Crippen LogP contribution in [-0.4, -0.2) is 75.2 Å². The molecule has 0 unspecified atom stereocenters. The minimum atomic E-state index is 0.175. The predicted molar refractivity (Wildman–Crippen MR) is 84.3 cm³/mol. The third-order valence-electron chi connectivity index (χ3n) is 4.53. The molecule has 0 aromatic carbocycles. The summed E-state index contributed by atoms with van der Waals surface area (Å²) in [6, 6.07) is 0. The summed E-state index contributed by atoms with van der Waals surface area (Å²) in [7, 11) is 1.72. The van der Waals surface area contributed by atoms with Gasteiger partial charge in [0.05, 0.1) is 13.2 Å². The van der Waals surface area contributed by atoms with E-state index in [0.29, 0.717) is 17.8 Å². The molecule has 0 aromatic heterocycles. The van der Waals surface area contributed by atoms with Crippen LogP contribution in [0.15, 0.2) is 0 Å². The van der Waals surface area contributed by atoms with Gasteiger partial charge in [-0.3, -0.25) is 9.69 Å². The van der Waals surface area contributed by atoms with Crippen LogP contribution in [-0.2, 0) is 9.53 Å². The summed E-state index contributed by atoms with van der Waals surface area (Å²) in [6.07, 6.45) is 1.83. The Morgan fingerprint density at radius 3 is 2.52 bits per heavy atom. The van der Waals surface area contributed by atoms with Crippen molar-refractivity contribution in [2.24, 2.45) is 11.3 Å². The Labute approximate surface area is 129 Å². The van der Waals surface area contributed by atoms with E-state index in [9.17, 15) is 4.79 Å². The van der Waals surface area contributed by atoms with Gasteiger partial charge in [0.2, 0.25) is 5.91 Å². The smallest absolute Gasteiger partial charge is 0.220 e. The van der Waals surface area contributed by atoms with Crippen molar-refractivity contribution in [1.82, 2.24) is 15.1 Å². The zero-order valence-corrected chi connectivity index (χ0v) is 13.9. The molecule has 0 saturated carbocycles. The van der Waals surface area contributed by atoms with Crippen molar-refractivity contribution in [2.75, 3.05) is 59.5 Å². The van der Waals surface area contributed by atoms with Crippen molar-refractivity contribution in [1.29, 1.82) is 0 Å². The topological polar surface area (TPSA) is 44.8 Å². The number of nitrogens with one attached hydrogen (secondary N) is 1. The molecule has 1 amide bonds. The molecule has 0 aliphatic carbocycles. The number of hydrogen-bond donors (Lipinski definition) is 1. The van der Waals surface area contributed by atoms with Crippen molar-refractivity contribution < 1.29 is 9.53 Å². The number of nitrogens with zero attached hydrogens (tertiary/aromatic N) is 2. The number of carbonyl (C=O) groups excluding carboxylic acids is 1. The van der Waals surface area contributed by atoms with Gasteiger partial charge in [-0.15, -0.1) is 0 Å². The van der Waals surface area contributed by atoms with Crippen LogP contribution in [0.1, 0.15) is 26.7 Å². The van der Waals surface area contributed by atoms with Gasteiger partial charge in [-0.1, -0.05) is 13.8 Å². The highest BCUT2D eigenvalue weighted by atomic mass is 16.5. The molecular formula is C16H31N3O2. The summed E-state index contributed by atoms with van der Waals surface area (Å²) in [4.78, 5) is 16.5. The Kier molecular flexibility index (Phi) is 6.02. The SMILES string of the molecule is CNC(=O)C[C@@H]1CCN(CC(C)(C)CN2CCOCC2)C1. The molecular weight excluding hydrogens is 266 g/mol. The molecule has 1 N–H and O–H groups in total.